The van der Waals surface area contributed by atoms with Crippen LogP contribution in [0.3, 0.4) is 0 Å². The molecule has 2 aromatic rings. The summed E-state index contributed by atoms with van der Waals surface area (Å²) in [6, 6.07) is 16.8. The third-order valence-electron chi connectivity index (χ3n) is 6.12. The molecule has 0 spiro atoms. The molecule has 0 bridgehead atoms. The van der Waals surface area contributed by atoms with Crippen LogP contribution in [0.25, 0.3) is 0 Å². The van der Waals surface area contributed by atoms with Gasteiger partial charge in [-0.25, -0.2) is 8.78 Å². The quantitative estimate of drug-likeness (QED) is 0.546. The Hall–Kier alpha value is -2.25. The van der Waals surface area contributed by atoms with Gasteiger partial charge in [0.1, 0.15) is 11.6 Å². The van der Waals surface area contributed by atoms with Crippen molar-refractivity contribution >= 4 is 0 Å². The summed E-state index contributed by atoms with van der Waals surface area (Å²) in [4.78, 5) is 2.28. The van der Waals surface area contributed by atoms with Gasteiger partial charge in [-0.3, -0.25) is 4.90 Å². The molecule has 2 aromatic carbocycles. The van der Waals surface area contributed by atoms with Crippen LogP contribution in [0.5, 0.6) is 0 Å². The third kappa shape index (κ3) is 4.25. The van der Waals surface area contributed by atoms with Crippen LogP contribution in [-0.2, 0) is 12.0 Å². The van der Waals surface area contributed by atoms with Crippen LogP contribution in [-0.4, -0.2) is 18.0 Å². The molecule has 2 nitrogen and oxygen atoms in total. The molecule has 2 unspecified atom stereocenters. The SMILES string of the molecule is CCC(CCC(C#N)(c1c(F)cccc1F)C1CC1)N(C)Cc1ccccc1. The van der Waals surface area contributed by atoms with Gasteiger partial charge in [0.05, 0.1) is 11.5 Å². The van der Waals surface area contributed by atoms with Crippen molar-refractivity contribution in [3.05, 3.63) is 71.3 Å². The van der Waals surface area contributed by atoms with Crippen molar-refractivity contribution in [1.82, 2.24) is 4.90 Å². The van der Waals surface area contributed by atoms with Crippen LogP contribution >= 0.6 is 0 Å². The molecule has 2 atom stereocenters. The molecule has 3 rings (SSSR count). The van der Waals surface area contributed by atoms with E-state index in [2.05, 4.69) is 37.1 Å². The van der Waals surface area contributed by atoms with E-state index in [9.17, 15) is 14.0 Å². The van der Waals surface area contributed by atoms with Gasteiger partial charge < -0.3 is 0 Å². The van der Waals surface area contributed by atoms with Crippen molar-refractivity contribution in [2.45, 2.75) is 57.0 Å². The molecule has 1 saturated carbocycles. The van der Waals surface area contributed by atoms with Crippen molar-refractivity contribution in [3.63, 3.8) is 0 Å². The lowest BCUT2D eigenvalue weighted by Crippen LogP contribution is -2.35. The molecule has 0 saturated heterocycles. The van der Waals surface area contributed by atoms with Gasteiger partial charge in [0, 0.05) is 18.2 Å². The summed E-state index contributed by atoms with van der Waals surface area (Å²) in [5.74, 6) is -1.15. The largest absolute Gasteiger partial charge is 0.299 e. The first-order valence-corrected chi connectivity index (χ1v) is 10.1. The maximum atomic E-state index is 14.6. The second-order valence-electron chi connectivity index (χ2n) is 7.96. The Kier molecular flexibility index (Phi) is 6.46. The highest BCUT2D eigenvalue weighted by atomic mass is 19.1. The summed E-state index contributed by atoms with van der Waals surface area (Å²) in [6.07, 6.45) is 3.85. The van der Waals surface area contributed by atoms with E-state index >= 15 is 0 Å². The smallest absolute Gasteiger partial charge is 0.130 e. The minimum absolute atomic E-state index is 0.0273. The molecule has 1 fully saturated rings. The fourth-order valence-corrected chi connectivity index (χ4v) is 4.37. The standard InChI is InChI=1S/C24H28F2N2/c1-3-20(28(2)16-18-8-5-4-6-9-18)14-15-24(17-27,19-12-13-19)23-21(25)10-7-11-22(23)26/h4-11,19-20H,3,12-16H2,1-2H3. The predicted molar refractivity (Wildman–Crippen MR) is 108 cm³/mol. The van der Waals surface area contributed by atoms with Gasteiger partial charge in [0.2, 0.25) is 0 Å². The normalized spacial score (nSPS) is 17.1. The van der Waals surface area contributed by atoms with Crippen LogP contribution in [0.2, 0.25) is 0 Å². The highest BCUT2D eigenvalue weighted by Gasteiger charge is 2.49. The Morgan fingerprint density at radius 3 is 2.29 bits per heavy atom. The Morgan fingerprint density at radius 2 is 1.75 bits per heavy atom. The fourth-order valence-electron chi connectivity index (χ4n) is 4.37. The van der Waals surface area contributed by atoms with Crippen LogP contribution in [0.15, 0.2) is 48.5 Å². The van der Waals surface area contributed by atoms with Gasteiger partial charge in [0.15, 0.2) is 0 Å². The van der Waals surface area contributed by atoms with E-state index in [1.165, 1.54) is 23.8 Å². The number of hydrogen-bond donors (Lipinski definition) is 0. The van der Waals surface area contributed by atoms with Crippen LogP contribution in [0.1, 0.15) is 50.2 Å². The molecule has 0 aromatic heterocycles. The summed E-state index contributed by atoms with van der Waals surface area (Å²) in [7, 11) is 2.08. The summed E-state index contributed by atoms with van der Waals surface area (Å²) in [6.45, 7) is 2.94. The molecule has 28 heavy (non-hydrogen) atoms. The van der Waals surface area contributed by atoms with Crippen molar-refractivity contribution in [2.75, 3.05) is 7.05 Å². The zero-order chi connectivity index (χ0) is 20.1. The van der Waals surface area contributed by atoms with Crippen molar-refractivity contribution < 1.29 is 8.78 Å². The molecule has 0 radical (unpaired) electrons. The molecule has 0 heterocycles. The average Bonchev–Trinajstić information content (AvgIpc) is 3.53. The van der Waals surface area contributed by atoms with Gasteiger partial charge in [-0.1, -0.05) is 43.3 Å². The van der Waals surface area contributed by atoms with E-state index in [1.54, 1.807) is 0 Å². The number of halogens is 2. The minimum atomic E-state index is -1.07. The molecule has 0 aliphatic heterocycles. The van der Waals surface area contributed by atoms with Gasteiger partial charge in [-0.05, 0) is 62.8 Å². The zero-order valence-electron chi connectivity index (χ0n) is 16.7. The first-order chi connectivity index (χ1) is 13.5. The van der Waals surface area contributed by atoms with E-state index in [1.807, 2.05) is 18.2 Å². The highest BCUT2D eigenvalue weighted by molar-refractivity contribution is 5.38. The maximum Gasteiger partial charge on any atom is 0.130 e. The van der Waals surface area contributed by atoms with E-state index < -0.39 is 17.0 Å². The van der Waals surface area contributed by atoms with Gasteiger partial charge >= 0.3 is 0 Å². The monoisotopic (exact) mass is 382 g/mol. The van der Waals surface area contributed by atoms with E-state index in [-0.39, 0.29) is 17.5 Å². The molecule has 0 amide bonds. The van der Waals surface area contributed by atoms with Crippen LogP contribution < -0.4 is 0 Å². The lowest BCUT2D eigenvalue weighted by Gasteiger charge is -2.33. The molecular weight excluding hydrogens is 354 g/mol. The number of nitriles is 1. The fraction of sp³-hybridized carbons (Fsp3) is 0.458. The predicted octanol–water partition coefficient (Wildman–Crippen LogP) is 5.83. The highest BCUT2D eigenvalue weighted by Crippen LogP contribution is 2.51. The zero-order valence-corrected chi connectivity index (χ0v) is 16.7. The molecule has 0 N–H and O–H groups in total. The van der Waals surface area contributed by atoms with E-state index in [0.29, 0.717) is 6.42 Å². The van der Waals surface area contributed by atoms with Gasteiger partial charge in [0.25, 0.3) is 0 Å². The molecule has 1 aliphatic carbocycles. The van der Waals surface area contributed by atoms with Gasteiger partial charge in [-0.15, -0.1) is 0 Å². The second kappa shape index (κ2) is 8.84. The molecule has 1 aliphatic rings. The summed E-state index contributed by atoms with van der Waals surface area (Å²) >= 11 is 0. The number of benzene rings is 2. The summed E-state index contributed by atoms with van der Waals surface area (Å²) in [5, 5.41) is 10.1. The minimum Gasteiger partial charge on any atom is -0.299 e. The number of nitrogens with zero attached hydrogens (tertiary/aromatic N) is 2. The average molecular weight is 382 g/mol. The molecule has 4 heteroatoms. The van der Waals surface area contributed by atoms with Crippen LogP contribution in [0.4, 0.5) is 8.78 Å². The second-order valence-corrected chi connectivity index (χ2v) is 7.96. The van der Waals surface area contributed by atoms with Crippen molar-refractivity contribution in [3.8, 4) is 6.07 Å². The Balaban J connectivity index is 1.79. The van der Waals surface area contributed by atoms with Crippen molar-refractivity contribution in [1.29, 1.82) is 5.26 Å². The van der Waals surface area contributed by atoms with Crippen LogP contribution in [0, 0.1) is 28.9 Å². The van der Waals surface area contributed by atoms with E-state index in [0.717, 1.165) is 32.2 Å². The first kappa shape index (κ1) is 20.5. The van der Waals surface area contributed by atoms with Crippen molar-refractivity contribution in [2.24, 2.45) is 5.92 Å². The summed E-state index contributed by atoms with van der Waals surface area (Å²) < 4.78 is 29.1. The molecule has 148 valence electrons. The Labute approximate surface area is 166 Å². The lowest BCUT2D eigenvalue weighted by molar-refractivity contribution is 0.200. The van der Waals surface area contributed by atoms with Gasteiger partial charge in [-0.2, -0.15) is 5.26 Å². The lowest BCUT2D eigenvalue weighted by atomic mass is 9.72. The maximum absolute atomic E-state index is 14.6. The Morgan fingerprint density at radius 1 is 1.11 bits per heavy atom. The number of hydrogen-bond acceptors (Lipinski definition) is 2. The molecular formula is C24H28F2N2. The van der Waals surface area contributed by atoms with E-state index in [4.69, 9.17) is 0 Å². The number of rotatable bonds is 9. The third-order valence-corrected chi connectivity index (χ3v) is 6.12. The Bertz CT molecular complexity index is 806. The summed E-state index contributed by atoms with van der Waals surface area (Å²) in [5.41, 5.74) is 0.133. The topological polar surface area (TPSA) is 27.0 Å². The first-order valence-electron chi connectivity index (χ1n) is 10.1.